The van der Waals surface area contributed by atoms with Gasteiger partial charge in [-0.3, -0.25) is 9.98 Å². The molecule has 0 saturated heterocycles. The van der Waals surface area contributed by atoms with Gasteiger partial charge in [-0.2, -0.15) is 0 Å². The lowest BCUT2D eigenvalue weighted by Crippen LogP contribution is -2.10. The summed E-state index contributed by atoms with van der Waals surface area (Å²) in [6, 6.07) is 81.1. The average molecular weight is 745 g/mol. The molecule has 1 aromatic heterocycles. The molecule has 9 rings (SSSR count). The SMILES string of the molecule is CC(=Nc1c(C(c2ccccc2)c2ccccc2)cc(C(c2ccccc2)c2ccccc2)c2ccc(C(c3ccccc3)c3ccccc3)cc12)c1ccccn1. The zero-order valence-electron chi connectivity index (χ0n) is 32.6. The van der Waals surface area contributed by atoms with Crippen LogP contribution in [0.2, 0.25) is 0 Å². The average Bonchev–Trinajstić information content (AvgIpc) is 3.30. The van der Waals surface area contributed by atoms with Crippen LogP contribution in [0.5, 0.6) is 0 Å². The second-order valence-electron chi connectivity index (χ2n) is 14.9. The summed E-state index contributed by atoms with van der Waals surface area (Å²) in [7, 11) is 0. The first kappa shape index (κ1) is 36.5. The normalized spacial score (nSPS) is 11.8. The van der Waals surface area contributed by atoms with Gasteiger partial charge in [0, 0.05) is 29.3 Å². The van der Waals surface area contributed by atoms with Gasteiger partial charge in [0.2, 0.25) is 0 Å². The third-order valence-corrected chi connectivity index (χ3v) is 11.3. The molecule has 0 aliphatic rings. The molecule has 8 aromatic carbocycles. The van der Waals surface area contributed by atoms with Crippen molar-refractivity contribution < 1.29 is 0 Å². The number of fused-ring (bicyclic) bond motifs is 1. The predicted molar refractivity (Wildman–Crippen MR) is 242 cm³/mol. The molecule has 0 bridgehead atoms. The third kappa shape index (κ3) is 7.53. The van der Waals surface area contributed by atoms with Crippen molar-refractivity contribution in [3.8, 4) is 0 Å². The Bertz CT molecular complexity index is 2630. The molecule has 2 heteroatoms. The summed E-state index contributed by atoms with van der Waals surface area (Å²) in [4.78, 5) is 10.4. The van der Waals surface area contributed by atoms with Crippen LogP contribution >= 0.6 is 0 Å². The standard InChI is InChI=1S/C56H44N2/c1-40(52-34-20-21-37-57-52)58-56-50-38-47(53(41-22-8-2-9-23-41)42-24-10-3-11-25-42)35-36-48(50)49(54(43-26-12-4-13-27-43)44-28-14-5-15-29-44)39-51(56)55(45-30-16-6-17-31-45)46-32-18-7-19-33-46/h2-39,53-55H,1H3. The molecule has 0 saturated carbocycles. The van der Waals surface area contributed by atoms with Crippen LogP contribution in [-0.4, -0.2) is 10.7 Å². The molecular formula is C56H44N2. The first-order valence-electron chi connectivity index (χ1n) is 20.1. The zero-order chi connectivity index (χ0) is 39.1. The van der Waals surface area contributed by atoms with Gasteiger partial charge in [0.25, 0.3) is 0 Å². The topological polar surface area (TPSA) is 25.2 Å². The van der Waals surface area contributed by atoms with Gasteiger partial charge in [-0.25, -0.2) is 0 Å². The fraction of sp³-hybridized carbons (Fsp3) is 0.0714. The fourth-order valence-electron chi connectivity index (χ4n) is 8.60. The van der Waals surface area contributed by atoms with E-state index in [0.717, 1.165) is 28.0 Å². The Labute approximate surface area is 341 Å². The minimum absolute atomic E-state index is 0.0192. The number of aromatic nitrogens is 1. The smallest absolute Gasteiger partial charge is 0.0841 e. The van der Waals surface area contributed by atoms with Gasteiger partial charge in [0.15, 0.2) is 0 Å². The number of benzene rings is 8. The van der Waals surface area contributed by atoms with Crippen LogP contribution in [-0.2, 0) is 0 Å². The van der Waals surface area contributed by atoms with Crippen LogP contribution in [0.4, 0.5) is 5.69 Å². The van der Waals surface area contributed by atoms with Gasteiger partial charge >= 0.3 is 0 Å². The molecule has 0 radical (unpaired) electrons. The molecule has 0 aliphatic carbocycles. The lowest BCUT2D eigenvalue weighted by molar-refractivity contribution is 0.947. The number of rotatable bonds is 11. The largest absolute Gasteiger partial charge is 0.255 e. The summed E-state index contributed by atoms with van der Waals surface area (Å²) in [6.07, 6.45) is 1.85. The highest BCUT2D eigenvalue weighted by atomic mass is 14.8. The van der Waals surface area contributed by atoms with E-state index in [1.807, 2.05) is 24.4 Å². The Balaban J connectivity index is 1.43. The molecular weight excluding hydrogens is 701 g/mol. The lowest BCUT2D eigenvalue weighted by Gasteiger charge is -2.28. The Hall–Kier alpha value is -7.16. The van der Waals surface area contributed by atoms with Crippen LogP contribution in [0, 0.1) is 0 Å². The number of hydrogen-bond donors (Lipinski definition) is 0. The molecule has 0 aliphatic heterocycles. The van der Waals surface area contributed by atoms with Crippen LogP contribution in [0.1, 0.15) is 80.4 Å². The summed E-state index contributed by atoms with van der Waals surface area (Å²) in [5.74, 6) is -0.114. The molecule has 0 unspecified atom stereocenters. The number of aliphatic imine (C=N–C) groups is 1. The number of nitrogens with zero attached hydrogens (tertiary/aromatic N) is 2. The molecule has 9 aromatic rings. The van der Waals surface area contributed by atoms with Crippen LogP contribution in [0.15, 0.2) is 236 Å². The van der Waals surface area contributed by atoms with Gasteiger partial charge in [0.05, 0.1) is 17.1 Å². The Morgan fingerprint density at radius 1 is 0.362 bits per heavy atom. The second-order valence-corrected chi connectivity index (χ2v) is 14.9. The zero-order valence-corrected chi connectivity index (χ0v) is 32.6. The molecule has 1 heterocycles. The first-order chi connectivity index (χ1) is 28.7. The maximum Gasteiger partial charge on any atom is 0.0841 e. The highest BCUT2D eigenvalue weighted by Gasteiger charge is 2.28. The maximum atomic E-state index is 5.68. The maximum absolute atomic E-state index is 5.68. The van der Waals surface area contributed by atoms with E-state index in [1.54, 1.807) is 0 Å². The monoisotopic (exact) mass is 744 g/mol. The van der Waals surface area contributed by atoms with Crippen molar-refractivity contribution in [1.29, 1.82) is 0 Å². The molecule has 58 heavy (non-hydrogen) atoms. The summed E-state index contributed by atoms with van der Waals surface area (Å²) in [5, 5.41) is 2.29. The minimum Gasteiger partial charge on any atom is -0.255 e. The van der Waals surface area contributed by atoms with Gasteiger partial charge in [-0.05, 0) is 80.6 Å². The molecule has 2 nitrogen and oxygen atoms in total. The van der Waals surface area contributed by atoms with Crippen molar-refractivity contribution in [3.63, 3.8) is 0 Å². The van der Waals surface area contributed by atoms with Crippen LogP contribution < -0.4 is 0 Å². The van der Waals surface area contributed by atoms with Crippen molar-refractivity contribution in [2.24, 2.45) is 4.99 Å². The van der Waals surface area contributed by atoms with Crippen molar-refractivity contribution in [3.05, 3.63) is 286 Å². The van der Waals surface area contributed by atoms with Crippen molar-refractivity contribution >= 4 is 22.2 Å². The lowest BCUT2D eigenvalue weighted by atomic mass is 9.76. The van der Waals surface area contributed by atoms with E-state index < -0.39 is 0 Å². The third-order valence-electron chi connectivity index (χ3n) is 11.3. The van der Waals surface area contributed by atoms with Crippen LogP contribution in [0.3, 0.4) is 0 Å². The number of pyridine rings is 1. The van der Waals surface area contributed by atoms with Gasteiger partial charge in [-0.1, -0.05) is 206 Å². The minimum atomic E-state index is -0.101. The molecule has 0 fully saturated rings. The van der Waals surface area contributed by atoms with Gasteiger partial charge in [0.1, 0.15) is 0 Å². The second kappa shape index (κ2) is 16.9. The van der Waals surface area contributed by atoms with Gasteiger partial charge in [-0.15, -0.1) is 0 Å². The number of hydrogen-bond acceptors (Lipinski definition) is 2. The molecule has 0 N–H and O–H groups in total. The predicted octanol–water partition coefficient (Wildman–Crippen LogP) is 13.9. The molecule has 0 atom stereocenters. The Morgan fingerprint density at radius 3 is 1.17 bits per heavy atom. The Kier molecular flexibility index (Phi) is 10.6. The van der Waals surface area contributed by atoms with Crippen molar-refractivity contribution in [1.82, 2.24) is 4.98 Å². The quantitative estimate of drug-likeness (QED) is 0.0956. The van der Waals surface area contributed by atoms with Crippen LogP contribution in [0.25, 0.3) is 10.8 Å². The van der Waals surface area contributed by atoms with Crippen molar-refractivity contribution in [2.75, 3.05) is 0 Å². The highest BCUT2D eigenvalue weighted by molar-refractivity contribution is 6.04. The highest BCUT2D eigenvalue weighted by Crippen LogP contribution is 2.48. The Morgan fingerprint density at radius 2 is 0.759 bits per heavy atom. The van der Waals surface area contributed by atoms with Crippen molar-refractivity contribution in [2.45, 2.75) is 24.7 Å². The summed E-state index contributed by atoms with van der Waals surface area (Å²) < 4.78 is 0. The van der Waals surface area contributed by atoms with E-state index in [4.69, 9.17) is 9.98 Å². The molecule has 278 valence electrons. The molecule has 0 spiro atoms. The fourth-order valence-corrected chi connectivity index (χ4v) is 8.60. The van der Waals surface area contributed by atoms with E-state index in [-0.39, 0.29) is 17.8 Å². The van der Waals surface area contributed by atoms with E-state index in [1.165, 1.54) is 49.9 Å². The summed E-state index contributed by atoms with van der Waals surface area (Å²) in [6.45, 7) is 2.09. The summed E-state index contributed by atoms with van der Waals surface area (Å²) >= 11 is 0. The first-order valence-corrected chi connectivity index (χ1v) is 20.1. The van der Waals surface area contributed by atoms with E-state index in [2.05, 4.69) is 213 Å². The summed E-state index contributed by atoms with van der Waals surface area (Å²) in [5.41, 5.74) is 13.7. The van der Waals surface area contributed by atoms with E-state index >= 15 is 0 Å². The van der Waals surface area contributed by atoms with Gasteiger partial charge < -0.3 is 0 Å². The molecule has 0 amide bonds. The van der Waals surface area contributed by atoms with E-state index in [0.29, 0.717) is 0 Å². The van der Waals surface area contributed by atoms with E-state index in [9.17, 15) is 0 Å².